The van der Waals surface area contributed by atoms with Crippen molar-refractivity contribution in [1.29, 1.82) is 0 Å². The molecule has 0 bridgehead atoms. The molecule has 5 rings (SSSR count). The lowest BCUT2D eigenvalue weighted by Gasteiger charge is -2.36. The molecule has 8 heteroatoms. The Hall–Kier alpha value is -3.55. The summed E-state index contributed by atoms with van der Waals surface area (Å²) < 4.78 is 4.03. The molecule has 3 heterocycles. The number of aromatic amines is 1. The molecule has 0 radical (unpaired) electrons. The van der Waals surface area contributed by atoms with E-state index < -0.39 is 0 Å². The number of H-pyrrole nitrogens is 1. The van der Waals surface area contributed by atoms with Gasteiger partial charge < -0.3 is 0 Å². The average molecular weight is 514 g/mol. The van der Waals surface area contributed by atoms with Gasteiger partial charge in [-0.3, -0.25) is 14.1 Å². The fraction of sp³-hybridized carbons (Fsp3) is 0.500. The van der Waals surface area contributed by atoms with Gasteiger partial charge in [-0.25, -0.2) is 9.89 Å². The van der Waals surface area contributed by atoms with E-state index in [2.05, 4.69) is 75.3 Å². The Labute approximate surface area is 224 Å². The SMILES string of the molecule is CCCCc1cn(C2CCCCCCC2(C)C)c(=O)n1Cc1cc(-c2cccc(-c3nnn[nH]3)c2)ccn1. The molecule has 8 nitrogen and oxygen atoms in total. The van der Waals surface area contributed by atoms with Crippen molar-refractivity contribution in [3.63, 3.8) is 0 Å². The number of hydrogen-bond donors (Lipinski definition) is 1. The van der Waals surface area contributed by atoms with E-state index in [1.165, 1.54) is 25.7 Å². The molecule has 0 saturated heterocycles. The van der Waals surface area contributed by atoms with Gasteiger partial charge in [-0.1, -0.05) is 71.1 Å². The summed E-state index contributed by atoms with van der Waals surface area (Å²) in [5.74, 6) is 0.631. The fourth-order valence-corrected chi connectivity index (χ4v) is 5.88. The van der Waals surface area contributed by atoms with Crippen LogP contribution in [-0.2, 0) is 13.0 Å². The molecule has 38 heavy (non-hydrogen) atoms. The monoisotopic (exact) mass is 513 g/mol. The first-order valence-electron chi connectivity index (χ1n) is 14.1. The van der Waals surface area contributed by atoms with Crippen molar-refractivity contribution in [3.8, 4) is 22.5 Å². The van der Waals surface area contributed by atoms with Crippen molar-refractivity contribution >= 4 is 0 Å². The van der Waals surface area contributed by atoms with E-state index in [4.69, 9.17) is 0 Å². The van der Waals surface area contributed by atoms with Crippen LogP contribution >= 0.6 is 0 Å². The van der Waals surface area contributed by atoms with Gasteiger partial charge in [-0.15, -0.1) is 5.10 Å². The lowest BCUT2D eigenvalue weighted by Crippen LogP contribution is -2.36. The summed E-state index contributed by atoms with van der Waals surface area (Å²) in [6.07, 6.45) is 14.3. The van der Waals surface area contributed by atoms with E-state index in [9.17, 15) is 4.79 Å². The molecular formula is C30H39N7O. The zero-order chi connectivity index (χ0) is 26.5. The third-order valence-corrected chi connectivity index (χ3v) is 8.11. The molecule has 200 valence electrons. The maximum Gasteiger partial charge on any atom is 0.328 e. The number of nitrogens with zero attached hydrogens (tertiary/aromatic N) is 6. The van der Waals surface area contributed by atoms with Crippen LogP contribution in [0.5, 0.6) is 0 Å². The van der Waals surface area contributed by atoms with E-state index in [1.807, 2.05) is 29.0 Å². The number of rotatable bonds is 8. The maximum absolute atomic E-state index is 13.9. The van der Waals surface area contributed by atoms with Crippen LogP contribution in [0.1, 0.15) is 89.6 Å². The van der Waals surface area contributed by atoms with Crippen LogP contribution in [0.2, 0.25) is 0 Å². The third kappa shape index (κ3) is 5.64. The molecule has 4 aromatic rings. The van der Waals surface area contributed by atoms with Gasteiger partial charge in [0.2, 0.25) is 0 Å². The normalized spacial score (nSPS) is 17.7. The van der Waals surface area contributed by atoms with E-state index in [0.717, 1.165) is 60.2 Å². The van der Waals surface area contributed by atoms with Gasteiger partial charge in [0.25, 0.3) is 0 Å². The van der Waals surface area contributed by atoms with Crippen LogP contribution in [0.15, 0.2) is 53.6 Å². The van der Waals surface area contributed by atoms with Gasteiger partial charge in [-0.2, -0.15) is 0 Å². The molecule has 1 N–H and O–H groups in total. The minimum Gasteiger partial charge on any atom is -0.295 e. The molecule has 3 aromatic heterocycles. The molecule has 0 aliphatic heterocycles. The van der Waals surface area contributed by atoms with Gasteiger partial charge in [0.05, 0.1) is 12.2 Å². The van der Waals surface area contributed by atoms with Crippen molar-refractivity contribution in [2.75, 3.05) is 0 Å². The van der Waals surface area contributed by atoms with Crippen molar-refractivity contribution in [2.24, 2.45) is 5.41 Å². The zero-order valence-corrected chi connectivity index (χ0v) is 22.9. The number of imidazole rings is 1. The Morgan fingerprint density at radius 1 is 1.05 bits per heavy atom. The molecule has 1 atom stereocenters. The topological polar surface area (TPSA) is 94.3 Å². The fourth-order valence-electron chi connectivity index (χ4n) is 5.88. The lowest BCUT2D eigenvalue weighted by molar-refractivity contribution is 0.162. The first-order chi connectivity index (χ1) is 18.5. The second-order valence-corrected chi connectivity index (χ2v) is 11.3. The van der Waals surface area contributed by atoms with Gasteiger partial charge in [-0.05, 0) is 70.9 Å². The number of unbranched alkanes of at least 4 members (excludes halogenated alkanes) is 1. The number of benzene rings is 1. The summed E-state index contributed by atoms with van der Waals surface area (Å²) in [5, 5.41) is 14.2. The molecule has 1 unspecified atom stereocenters. The predicted molar refractivity (Wildman–Crippen MR) is 150 cm³/mol. The summed E-state index contributed by atoms with van der Waals surface area (Å²) in [6, 6.07) is 12.4. The first-order valence-corrected chi connectivity index (χ1v) is 14.1. The second-order valence-electron chi connectivity index (χ2n) is 11.3. The van der Waals surface area contributed by atoms with Crippen LogP contribution in [0.3, 0.4) is 0 Å². The van der Waals surface area contributed by atoms with E-state index >= 15 is 0 Å². The average Bonchev–Trinajstić information content (AvgIpc) is 3.55. The highest BCUT2D eigenvalue weighted by Gasteiger charge is 2.33. The van der Waals surface area contributed by atoms with E-state index in [-0.39, 0.29) is 17.1 Å². The standard InChI is InChI=1S/C30H39N7O/c1-4-5-13-26-21-37(27-14-8-6-7-9-16-30(27,2)3)29(38)36(26)20-25-19-23(15-17-31-25)22-11-10-12-24(18-22)28-32-34-35-33-28/h10-12,15,17-19,21,27H,4-9,13-14,16,20H2,1-3H3,(H,32,33,34,35). The Morgan fingerprint density at radius 3 is 2.68 bits per heavy atom. The Bertz CT molecular complexity index is 1400. The predicted octanol–water partition coefficient (Wildman–Crippen LogP) is 6.20. The summed E-state index contributed by atoms with van der Waals surface area (Å²) in [6.45, 7) is 7.35. The second kappa shape index (κ2) is 11.5. The largest absolute Gasteiger partial charge is 0.328 e. The van der Waals surface area contributed by atoms with Gasteiger partial charge >= 0.3 is 5.69 Å². The van der Waals surface area contributed by atoms with Gasteiger partial charge in [0.15, 0.2) is 5.82 Å². The summed E-state index contributed by atoms with van der Waals surface area (Å²) in [4.78, 5) is 18.6. The molecule has 0 amide bonds. The van der Waals surface area contributed by atoms with E-state index in [1.54, 1.807) is 0 Å². The molecule has 1 aliphatic carbocycles. The zero-order valence-electron chi connectivity index (χ0n) is 22.9. The van der Waals surface area contributed by atoms with Crippen LogP contribution < -0.4 is 5.69 Å². The number of pyridine rings is 1. The van der Waals surface area contributed by atoms with Crippen LogP contribution in [0.4, 0.5) is 0 Å². The Kier molecular flexibility index (Phi) is 7.86. The highest BCUT2D eigenvalue weighted by molar-refractivity contribution is 5.70. The number of hydrogen-bond acceptors (Lipinski definition) is 5. The third-order valence-electron chi connectivity index (χ3n) is 8.11. The quantitative estimate of drug-likeness (QED) is 0.302. The first kappa shape index (κ1) is 26.1. The van der Waals surface area contributed by atoms with Gasteiger partial charge in [0.1, 0.15) is 0 Å². The minimum atomic E-state index is 0.0979. The van der Waals surface area contributed by atoms with E-state index in [0.29, 0.717) is 12.4 Å². The smallest absolute Gasteiger partial charge is 0.295 e. The summed E-state index contributed by atoms with van der Waals surface area (Å²) >= 11 is 0. The van der Waals surface area contributed by atoms with Crippen molar-refractivity contribution in [3.05, 3.63) is 70.7 Å². The Balaban J connectivity index is 1.47. The maximum atomic E-state index is 13.9. The number of tetrazole rings is 1. The molecule has 0 spiro atoms. The lowest BCUT2D eigenvalue weighted by atomic mass is 9.75. The minimum absolute atomic E-state index is 0.0979. The molecule has 1 aliphatic rings. The highest BCUT2D eigenvalue weighted by atomic mass is 16.1. The van der Waals surface area contributed by atoms with Crippen molar-refractivity contribution < 1.29 is 0 Å². The van der Waals surface area contributed by atoms with Crippen LogP contribution in [0, 0.1) is 5.41 Å². The van der Waals surface area contributed by atoms with Gasteiger partial charge in [0, 0.05) is 29.7 Å². The summed E-state index contributed by atoms with van der Waals surface area (Å²) in [7, 11) is 0. The van der Waals surface area contributed by atoms with Crippen LogP contribution in [0.25, 0.3) is 22.5 Å². The molecule has 1 aromatic carbocycles. The molecular weight excluding hydrogens is 474 g/mol. The highest BCUT2D eigenvalue weighted by Crippen LogP contribution is 2.41. The van der Waals surface area contributed by atoms with Crippen molar-refractivity contribution in [1.82, 2.24) is 34.7 Å². The number of nitrogens with one attached hydrogen (secondary N) is 1. The number of aromatic nitrogens is 7. The molecule has 1 fully saturated rings. The molecule has 1 saturated carbocycles. The Morgan fingerprint density at radius 2 is 1.87 bits per heavy atom. The van der Waals surface area contributed by atoms with Crippen molar-refractivity contribution in [2.45, 2.75) is 91.1 Å². The van der Waals surface area contributed by atoms with Crippen LogP contribution in [-0.4, -0.2) is 34.7 Å². The summed E-state index contributed by atoms with van der Waals surface area (Å²) in [5.41, 5.74) is 5.21. The number of aryl methyl sites for hydroxylation is 1.